The second kappa shape index (κ2) is 7.13. The van der Waals surface area contributed by atoms with Crippen LogP contribution in [-0.2, 0) is 0 Å². The molecule has 0 amide bonds. The van der Waals surface area contributed by atoms with E-state index in [1.165, 1.54) is 6.07 Å². The van der Waals surface area contributed by atoms with Gasteiger partial charge in [0.15, 0.2) is 0 Å². The van der Waals surface area contributed by atoms with Crippen molar-refractivity contribution in [3.05, 3.63) is 41.8 Å². The molecule has 1 aliphatic rings. The number of nitrogens with zero attached hydrogens (tertiary/aromatic N) is 5. The van der Waals surface area contributed by atoms with Crippen molar-refractivity contribution in [2.75, 3.05) is 47.8 Å². The van der Waals surface area contributed by atoms with Gasteiger partial charge in [-0.25, -0.2) is 9.37 Å². The zero-order chi connectivity index (χ0) is 16.9. The molecule has 2 aromatic rings. The molecule has 0 spiro atoms. The standard InChI is InChI=1S/C17H19FN6/c1-2-20-15-6-7-21-17(22-15)24-10-8-23(9-11-24)16-13(12-19)4-3-5-14(16)18/h3-7H,2,8-11H2,1H3,(H,20,21,22). The van der Waals surface area contributed by atoms with Gasteiger partial charge in [-0.2, -0.15) is 10.2 Å². The second-order valence-electron chi connectivity index (χ2n) is 5.49. The van der Waals surface area contributed by atoms with E-state index in [-0.39, 0.29) is 5.82 Å². The third kappa shape index (κ3) is 3.23. The Labute approximate surface area is 140 Å². The van der Waals surface area contributed by atoms with Gasteiger partial charge in [0.1, 0.15) is 17.7 Å². The number of hydrogen-bond donors (Lipinski definition) is 1. The lowest BCUT2D eigenvalue weighted by Gasteiger charge is -2.36. The van der Waals surface area contributed by atoms with Crippen molar-refractivity contribution >= 4 is 17.5 Å². The van der Waals surface area contributed by atoms with Crippen LogP contribution in [0.3, 0.4) is 0 Å². The summed E-state index contributed by atoms with van der Waals surface area (Å²) >= 11 is 0. The molecule has 0 aliphatic carbocycles. The molecule has 0 radical (unpaired) electrons. The van der Waals surface area contributed by atoms with Crippen LogP contribution >= 0.6 is 0 Å². The molecule has 7 heteroatoms. The normalized spacial score (nSPS) is 14.4. The number of nitrogens with one attached hydrogen (secondary N) is 1. The van der Waals surface area contributed by atoms with Gasteiger partial charge in [0.05, 0.1) is 11.3 Å². The van der Waals surface area contributed by atoms with Crippen molar-refractivity contribution < 1.29 is 4.39 Å². The first-order chi connectivity index (χ1) is 11.7. The van der Waals surface area contributed by atoms with E-state index in [0.717, 1.165) is 12.4 Å². The fraction of sp³-hybridized carbons (Fsp3) is 0.353. The minimum Gasteiger partial charge on any atom is -0.370 e. The molecule has 1 aromatic carbocycles. The third-order valence-corrected chi connectivity index (χ3v) is 3.99. The van der Waals surface area contributed by atoms with Crippen molar-refractivity contribution in [1.29, 1.82) is 5.26 Å². The molecule has 3 rings (SSSR count). The van der Waals surface area contributed by atoms with Crippen LogP contribution in [-0.4, -0.2) is 42.7 Å². The highest BCUT2D eigenvalue weighted by molar-refractivity contribution is 5.61. The third-order valence-electron chi connectivity index (χ3n) is 3.99. The molecule has 2 heterocycles. The Morgan fingerprint density at radius 2 is 1.96 bits per heavy atom. The Bertz CT molecular complexity index is 749. The largest absolute Gasteiger partial charge is 0.370 e. The Balaban J connectivity index is 1.73. The van der Waals surface area contributed by atoms with E-state index in [9.17, 15) is 9.65 Å². The summed E-state index contributed by atoms with van der Waals surface area (Å²) in [6, 6.07) is 8.51. The number of para-hydroxylation sites is 1. The van der Waals surface area contributed by atoms with E-state index in [0.29, 0.717) is 43.4 Å². The van der Waals surface area contributed by atoms with Crippen LogP contribution in [0.2, 0.25) is 0 Å². The summed E-state index contributed by atoms with van der Waals surface area (Å²) in [5, 5.41) is 12.4. The lowest BCUT2D eigenvalue weighted by atomic mass is 10.1. The molecule has 24 heavy (non-hydrogen) atoms. The molecule has 124 valence electrons. The van der Waals surface area contributed by atoms with Crippen molar-refractivity contribution in [2.24, 2.45) is 0 Å². The number of piperazine rings is 1. The Kier molecular flexibility index (Phi) is 4.75. The van der Waals surface area contributed by atoms with Gasteiger partial charge < -0.3 is 15.1 Å². The molecule has 0 atom stereocenters. The van der Waals surface area contributed by atoms with E-state index in [1.54, 1.807) is 18.3 Å². The topological polar surface area (TPSA) is 68.1 Å². The molecule has 0 bridgehead atoms. The number of benzene rings is 1. The maximum Gasteiger partial charge on any atom is 0.227 e. The van der Waals surface area contributed by atoms with Crippen LogP contribution in [0.25, 0.3) is 0 Å². The Morgan fingerprint density at radius 3 is 2.67 bits per heavy atom. The van der Waals surface area contributed by atoms with Crippen LogP contribution in [0.1, 0.15) is 12.5 Å². The first-order valence-electron chi connectivity index (χ1n) is 7.98. The summed E-state index contributed by atoms with van der Waals surface area (Å²) < 4.78 is 14.1. The zero-order valence-corrected chi connectivity index (χ0v) is 13.5. The van der Waals surface area contributed by atoms with Crippen LogP contribution in [0, 0.1) is 17.1 Å². The van der Waals surface area contributed by atoms with E-state index in [1.807, 2.05) is 17.9 Å². The van der Waals surface area contributed by atoms with Gasteiger partial charge in [-0.05, 0) is 25.1 Å². The number of aromatic nitrogens is 2. The van der Waals surface area contributed by atoms with Gasteiger partial charge in [0, 0.05) is 38.9 Å². The summed E-state index contributed by atoms with van der Waals surface area (Å²) in [6.07, 6.45) is 1.73. The number of rotatable bonds is 4. The Morgan fingerprint density at radius 1 is 1.21 bits per heavy atom. The van der Waals surface area contributed by atoms with Gasteiger partial charge in [0.2, 0.25) is 5.95 Å². The number of nitriles is 1. The summed E-state index contributed by atoms with van der Waals surface area (Å²) in [7, 11) is 0. The number of anilines is 3. The highest BCUT2D eigenvalue weighted by Crippen LogP contribution is 2.25. The Hall–Kier alpha value is -2.88. The fourth-order valence-electron chi connectivity index (χ4n) is 2.84. The predicted octanol–water partition coefficient (Wildman–Crippen LogP) is 2.25. The van der Waals surface area contributed by atoms with Gasteiger partial charge in [-0.3, -0.25) is 0 Å². The summed E-state index contributed by atoms with van der Waals surface area (Å²) in [5.41, 5.74) is 0.760. The molecular formula is C17H19FN6. The SMILES string of the molecule is CCNc1ccnc(N2CCN(c3c(F)cccc3C#N)CC2)n1. The van der Waals surface area contributed by atoms with Gasteiger partial charge in [-0.15, -0.1) is 0 Å². The first-order valence-corrected chi connectivity index (χ1v) is 7.98. The van der Waals surface area contributed by atoms with Crippen molar-refractivity contribution in [3.63, 3.8) is 0 Å². The molecule has 1 aromatic heterocycles. The highest BCUT2D eigenvalue weighted by Gasteiger charge is 2.23. The van der Waals surface area contributed by atoms with Gasteiger partial charge in [0.25, 0.3) is 0 Å². The van der Waals surface area contributed by atoms with Crippen LogP contribution in [0.15, 0.2) is 30.5 Å². The lowest BCUT2D eigenvalue weighted by Crippen LogP contribution is -2.47. The number of halogens is 1. The average Bonchev–Trinajstić information content (AvgIpc) is 2.62. The summed E-state index contributed by atoms with van der Waals surface area (Å²) in [5.74, 6) is 1.11. The minimum absolute atomic E-state index is 0.354. The average molecular weight is 326 g/mol. The van der Waals surface area contributed by atoms with E-state index >= 15 is 0 Å². The maximum atomic E-state index is 14.1. The maximum absolute atomic E-state index is 14.1. The summed E-state index contributed by atoms with van der Waals surface area (Å²) in [4.78, 5) is 12.8. The lowest BCUT2D eigenvalue weighted by molar-refractivity contribution is 0.593. The molecule has 1 aliphatic heterocycles. The van der Waals surface area contributed by atoms with Crippen molar-refractivity contribution in [2.45, 2.75) is 6.92 Å². The van der Waals surface area contributed by atoms with Gasteiger partial charge >= 0.3 is 0 Å². The second-order valence-corrected chi connectivity index (χ2v) is 5.49. The molecule has 0 unspecified atom stereocenters. The molecule has 1 N–H and O–H groups in total. The smallest absolute Gasteiger partial charge is 0.227 e. The summed E-state index contributed by atoms with van der Waals surface area (Å²) in [6.45, 7) is 5.40. The minimum atomic E-state index is -0.354. The fourth-order valence-corrected chi connectivity index (χ4v) is 2.84. The zero-order valence-electron chi connectivity index (χ0n) is 13.5. The van der Waals surface area contributed by atoms with E-state index in [4.69, 9.17) is 0 Å². The predicted molar refractivity (Wildman–Crippen MR) is 91.7 cm³/mol. The van der Waals surface area contributed by atoms with E-state index < -0.39 is 0 Å². The van der Waals surface area contributed by atoms with Crippen LogP contribution in [0.5, 0.6) is 0 Å². The molecule has 1 fully saturated rings. The molecule has 6 nitrogen and oxygen atoms in total. The van der Waals surface area contributed by atoms with Crippen molar-refractivity contribution in [1.82, 2.24) is 9.97 Å². The molecule has 0 saturated carbocycles. The molecular weight excluding hydrogens is 307 g/mol. The number of hydrogen-bond acceptors (Lipinski definition) is 6. The van der Waals surface area contributed by atoms with Crippen molar-refractivity contribution in [3.8, 4) is 6.07 Å². The van der Waals surface area contributed by atoms with Crippen LogP contribution < -0.4 is 15.1 Å². The first kappa shape index (κ1) is 16.0. The highest BCUT2D eigenvalue weighted by atomic mass is 19.1. The van der Waals surface area contributed by atoms with Gasteiger partial charge in [-0.1, -0.05) is 6.07 Å². The van der Waals surface area contributed by atoms with E-state index in [2.05, 4.69) is 26.3 Å². The monoisotopic (exact) mass is 326 g/mol. The quantitative estimate of drug-likeness (QED) is 0.929. The molecule has 1 saturated heterocycles. The van der Waals surface area contributed by atoms with Crippen LogP contribution in [0.4, 0.5) is 21.8 Å².